The molecule has 0 aliphatic heterocycles. The molecule has 0 amide bonds. The fourth-order valence-corrected chi connectivity index (χ4v) is 2.35. The van der Waals surface area contributed by atoms with E-state index < -0.39 is 0 Å². The molecule has 1 aliphatic rings. The first kappa shape index (κ1) is 13.5. The second kappa shape index (κ2) is 7.49. The Labute approximate surface area is 110 Å². The fraction of sp³-hybridized carbons (Fsp3) is 0.667. The molecular formula is C15H24N2O. The van der Waals surface area contributed by atoms with Gasteiger partial charge in [-0.15, -0.1) is 0 Å². The van der Waals surface area contributed by atoms with Gasteiger partial charge in [-0.05, 0) is 31.0 Å². The first-order chi connectivity index (χ1) is 8.88. The van der Waals surface area contributed by atoms with Crippen LogP contribution in [0.15, 0.2) is 18.3 Å². The van der Waals surface area contributed by atoms with Gasteiger partial charge in [-0.1, -0.05) is 32.3 Å². The molecule has 0 unspecified atom stereocenters. The monoisotopic (exact) mass is 248 g/mol. The van der Waals surface area contributed by atoms with E-state index in [2.05, 4.69) is 29.4 Å². The predicted octanol–water partition coefficient (Wildman–Crippen LogP) is 3.04. The first-order valence-electron chi connectivity index (χ1n) is 7.14. The summed E-state index contributed by atoms with van der Waals surface area (Å²) in [7, 11) is 0. The van der Waals surface area contributed by atoms with E-state index in [1.807, 2.05) is 6.20 Å². The summed E-state index contributed by atoms with van der Waals surface area (Å²) in [6.45, 7) is 4.66. The summed E-state index contributed by atoms with van der Waals surface area (Å²) in [5.41, 5.74) is 2.28. The number of rotatable bonds is 6. The lowest BCUT2D eigenvalue weighted by atomic mass is 9.98. The molecule has 1 heterocycles. The van der Waals surface area contributed by atoms with E-state index in [0.717, 1.165) is 18.8 Å². The highest BCUT2D eigenvalue weighted by molar-refractivity contribution is 5.13. The van der Waals surface area contributed by atoms with Crippen LogP contribution < -0.4 is 5.32 Å². The Hall–Kier alpha value is -0.930. The molecule has 0 spiro atoms. The number of ether oxygens (including phenoxy) is 1. The normalized spacial score (nSPS) is 16.9. The molecule has 0 bridgehead atoms. The molecule has 0 aromatic carbocycles. The van der Waals surface area contributed by atoms with Crippen LogP contribution in [0.1, 0.15) is 50.3 Å². The molecule has 0 atom stereocenters. The molecule has 1 N–H and O–H groups in total. The van der Waals surface area contributed by atoms with Crippen LogP contribution in [0.25, 0.3) is 0 Å². The molecule has 18 heavy (non-hydrogen) atoms. The van der Waals surface area contributed by atoms with Crippen molar-refractivity contribution in [3.05, 3.63) is 29.6 Å². The van der Waals surface area contributed by atoms with Gasteiger partial charge in [0, 0.05) is 12.7 Å². The number of nitrogens with one attached hydrogen (secondary N) is 1. The number of pyridine rings is 1. The van der Waals surface area contributed by atoms with Crippen molar-refractivity contribution in [1.82, 2.24) is 10.3 Å². The molecule has 1 aliphatic carbocycles. The Morgan fingerprint density at radius 3 is 2.78 bits per heavy atom. The molecule has 100 valence electrons. The van der Waals surface area contributed by atoms with Crippen molar-refractivity contribution in [2.75, 3.05) is 6.54 Å². The van der Waals surface area contributed by atoms with Gasteiger partial charge in [0.1, 0.15) is 0 Å². The first-order valence-corrected chi connectivity index (χ1v) is 7.14. The van der Waals surface area contributed by atoms with Crippen molar-refractivity contribution in [2.45, 2.75) is 58.3 Å². The van der Waals surface area contributed by atoms with E-state index >= 15 is 0 Å². The van der Waals surface area contributed by atoms with Gasteiger partial charge in [0.15, 0.2) is 0 Å². The van der Waals surface area contributed by atoms with E-state index in [1.165, 1.54) is 37.7 Å². The molecule has 2 rings (SSSR count). The molecule has 0 radical (unpaired) electrons. The zero-order valence-electron chi connectivity index (χ0n) is 11.3. The summed E-state index contributed by atoms with van der Waals surface area (Å²) >= 11 is 0. The lowest BCUT2D eigenvalue weighted by molar-refractivity contribution is 0.0152. The second-order valence-electron chi connectivity index (χ2n) is 5.01. The largest absolute Gasteiger partial charge is 0.372 e. The van der Waals surface area contributed by atoms with Gasteiger partial charge in [-0.25, -0.2) is 0 Å². The van der Waals surface area contributed by atoms with E-state index in [9.17, 15) is 0 Å². The maximum Gasteiger partial charge on any atom is 0.0891 e. The van der Waals surface area contributed by atoms with Crippen molar-refractivity contribution in [2.24, 2.45) is 0 Å². The Balaban J connectivity index is 1.75. The maximum atomic E-state index is 5.91. The van der Waals surface area contributed by atoms with E-state index in [-0.39, 0.29) is 0 Å². The fourth-order valence-electron chi connectivity index (χ4n) is 2.35. The van der Waals surface area contributed by atoms with Crippen LogP contribution in [0.3, 0.4) is 0 Å². The summed E-state index contributed by atoms with van der Waals surface area (Å²) in [4.78, 5) is 4.45. The summed E-state index contributed by atoms with van der Waals surface area (Å²) in [6.07, 6.45) is 8.86. The number of hydrogen-bond acceptors (Lipinski definition) is 3. The van der Waals surface area contributed by atoms with Crippen LogP contribution in [0.4, 0.5) is 0 Å². The van der Waals surface area contributed by atoms with E-state index in [0.29, 0.717) is 12.7 Å². The third-order valence-electron chi connectivity index (χ3n) is 3.48. The van der Waals surface area contributed by atoms with Crippen molar-refractivity contribution in [3.63, 3.8) is 0 Å². The van der Waals surface area contributed by atoms with Gasteiger partial charge in [-0.3, -0.25) is 4.98 Å². The molecule has 3 heteroatoms. The van der Waals surface area contributed by atoms with Crippen LogP contribution in [0.5, 0.6) is 0 Å². The highest BCUT2D eigenvalue weighted by Gasteiger charge is 2.13. The van der Waals surface area contributed by atoms with Crippen LogP contribution in [-0.2, 0) is 17.9 Å². The zero-order chi connectivity index (χ0) is 12.6. The average Bonchev–Trinajstić information content (AvgIpc) is 2.45. The topological polar surface area (TPSA) is 34.1 Å². The third kappa shape index (κ3) is 4.39. The van der Waals surface area contributed by atoms with Crippen molar-refractivity contribution < 1.29 is 4.74 Å². The van der Waals surface area contributed by atoms with Gasteiger partial charge < -0.3 is 10.1 Å². The smallest absolute Gasteiger partial charge is 0.0891 e. The minimum atomic E-state index is 0.460. The van der Waals surface area contributed by atoms with Gasteiger partial charge >= 0.3 is 0 Å². The maximum absolute atomic E-state index is 5.91. The van der Waals surface area contributed by atoms with E-state index in [4.69, 9.17) is 4.74 Å². The highest BCUT2D eigenvalue weighted by atomic mass is 16.5. The Kier molecular flexibility index (Phi) is 5.62. The predicted molar refractivity (Wildman–Crippen MR) is 73.3 cm³/mol. The summed E-state index contributed by atoms with van der Waals surface area (Å²) < 4.78 is 5.91. The molecule has 3 nitrogen and oxygen atoms in total. The lowest BCUT2D eigenvalue weighted by Crippen LogP contribution is -2.16. The summed E-state index contributed by atoms with van der Waals surface area (Å²) in [5, 5.41) is 3.30. The Bertz CT molecular complexity index is 331. The van der Waals surface area contributed by atoms with Gasteiger partial charge in [0.2, 0.25) is 0 Å². The summed E-state index contributed by atoms with van der Waals surface area (Å²) in [6, 6.07) is 4.21. The zero-order valence-corrected chi connectivity index (χ0v) is 11.3. The minimum absolute atomic E-state index is 0.460. The van der Waals surface area contributed by atoms with Crippen molar-refractivity contribution in [1.29, 1.82) is 0 Å². The quantitative estimate of drug-likeness (QED) is 0.840. The van der Waals surface area contributed by atoms with E-state index in [1.54, 1.807) is 0 Å². The Morgan fingerprint density at radius 2 is 2.11 bits per heavy atom. The standard InChI is InChI=1S/C15H24N2O/c1-2-16-10-13-8-9-14(17-11-13)12-18-15-6-4-3-5-7-15/h8-9,11,15-16H,2-7,10,12H2,1H3. The third-order valence-corrected chi connectivity index (χ3v) is 3.48. The number of aromatic nitrogens is 1. The molecular weight excluding hydrogens is 224 g/mol. The van der Waals surface area contributed by atoms with Crippen LogP contribution in [0, 0.1) is 0 Å². The molecule has 1 aromatic rings. The Morgan fingerprint density at radius 1 is 1.28 bits per heavy atom. The van der Waals surface area contributed by atoms with Gasteiger partial charge in [0.25, 0.3) is 0 Å². The summed E-state index contributed by atoms with van der Waals surface area (Å²) in [5.74, 6) is 0. The minimum Gasteiger partial charge on any atom is -0.372 e. The molecule has 1 saturated carbocycles. The van der Waals surface area contributed by atoms with Crippen molar-refractivity contribution >= 4 is 0 Å². The highest BCUT2D eigenvalue weighted by Crippen LogP contribution is 2.21. The molecule has 0 saturated heterocycles. The van der Waals surface area contributed by atoms with Crippen LogP contribution >= 0.6 is 0 Å². The second-order valence-corrected chi connectivity index (χ2v) is 5.01. The van der Waals surface area contributed by atoms with Crippen LogP contribution in [0.2, 0.25) is 0 Å². The molecule has 1 aromatic heterocycles. The average molecular weight is 248 g/mol. The van der Waals surface area contributed by atoms with Gasteiger partial charge in [0.05, 0.1) is 18.4 Å². The lowest BCUT2D eigenvalue weighted by Gasteiger charge is -2.21. The number of hydrogen-bond donors (Lipinski definition) is 1. The van der Waals surface area contributed by atoms with Crippen LogP contribution in [-0.4, -0.2) is 17.6 Å². The van der Waals surface area contributed by atoms with Gasteiger partial charge in [-0.2, -0.15) is 0 Å². The molecule has 1 fully saturated rings. The SMILES string of the molecule is CCNCc1ccc(COC2CCCCC2)nc1. The van der Waals surface area contributed by atoms with Crippen molar-refractivity contribution in [3.8, 4) is 0 Å². The number of nitrogens with zero attached hydrogens (tertiary/aromatic N) is 1.